The van der Waals surface area contributed by atoms with Gasteiger partial charge < -0.3 is 10.2 Å². The second-order valence-corrected chi connectivity index (χ2v) is 8.65. The van der Waals surface area contributed by atoms with Gasteiger partial charge in [0.25, 0.3) is 0 Å². The maximum Gasteiger partial charge on any atom is 0.0512 e. The second kappa shape index (κ2) is 5.49. The summed E-state index contributed by atoms with van der Waals surface area (Å²) in [4.78, 5) is 0. The lowest BCUT2D eigenvalue weighted by atomic mass is 9.45. The van der Waals surface area contributed by atoms with Gasteiger partial charge in [0.2, 0.25) is 0 Å². The van der Waals surface area contributed by atoms with Crippen molar-refractivity contribution < 1.29 is 10.2 Å². The Hall–Kier alpha value is -0.600. The molecule has 2 saturated carbocycles. The third-order valence-electron chi connectivity index (χ3n) is 7.47. The molecule has 4 atom stereocenters. The van der Waals surface area contributed by atoms with Crippen molar-refractivity contribution in [2.75, 3.05) is 13.2 Å². The van der Waals surface area contributed by atoms with Crippen LogP contribution < -0.4 is 0 Å². The number of aliphatic hydroxyl groups excluding tert-OH is 2. The summed E-state index contributed by atoms with van der Waals surface area (Å²) in [6.45, 7) is 9.04. The molecule has 0 aromatic rings. The molecule has 0 spiro atoms. The standard InChI is InChI=1S/C20H32O2/c1-4-18(2)11-8-16-15(12-18)6-7-17-19(16,3)9-5-10-20(17,13-21)14-22/h4,12,16-17,21-22H,1,5-11,13-14H2,2-3H3/t16-,17+,18-,19+/m0/s1. The monoisotopic (exact) mass is 304 g/mol. The number of hydrogen-bond donors (Lipinski definition) is 2. The molecular weight excluding hydrogens is 272 g/mol. The Bertz CT molecular complexity index is 476. The Balaban J connectivity index is 1.97. The summed E-state index contributed by atoms with van der Waals surface area (Å²) in [5.74, 6) is 1.09. The van der Waals surface area contributed by atoms with Crippen LogP contribution in [0.15, 0.2) is 24.3 Å². The van der Waals surface area contributed by atoms with Gasteiger partial charge >= 0.3 is 0 Å². The molecule has 0 heterocycles. The molecular formula is C20H32O2. The molecule has 3 rings (SSSR count). The van der Waals surface area contributed by atoms with Crippen LogP contribution in [0.4, 0.5) is 0 Å². The minimum atomic E-state index is -0.252. The smallest absolute Gasteiger partial charge is 0.0512 e. The lowest BCUT2D eigenvalue weighted by molar-refractivity contribution is -0.120. The first-order chi connectivity index (χ1) is 10.4. The lowest BCUT2D eigenvalue weighted by Gasteiger charge is -2.60. The molecule has 0 aliphatic heterocycles. The van der Waals surface area contributed by atoms with Gasteiger partial charge in [0.05, 0.1) is 13.2 Å². The Kier molecular flexibility index (Phi) is 4.06. The van der Waals surface area contributed by atoms with Gasteiger partial charge in [-0.25, -0.2) is 0 Å². The minimum absolute atomic E-state index is 0.139. The molecule has 0 saturated heterocycles. The molecule has 2 nitrogen and oxygen atoms in total. The van der Waals surface area contributed by atoms with E-state index in [1.165, 1.54) is 19.3 Å². The highest BCUT2D eigenvalue weighted by molar-refractivity contribution is 5.26. The van der Waals surface area contributed by atoms with Gasteiger partial charge in [-0.2, -0.15) is 0 Å². The molecule has 2 N–H and O–H groups in total. The van der Waals surface area contributed by atoms with Crippen LogP contribution in [0.25, 0.3) is 0 Å². The second-order valence-electron chi connectivity index (χ2n) is 8.65. The quantitative estimate of drug-likeness (QED) is 0.771. The van der Waals surface area contributed by atoms with Gasteiger partial charge in [-0.1, -0.05) is 38.0 Å². The zero-order valence-electron chi connectivity index (χ0n) is 14.3. The SMILES string of the molecule is C=C[C@]1(C)C=C2CC[C@H]3C(CO)(CO)CCC[C@]3(C)[C@H]2CC1. The number of aliphatic hydroxyl groups is 2. The average Bonchev–Trinajstić information content (AvgIpc) is 2.53. The van der Waals surface area contributed by atoms with Crippen LogP contribution in [-0.2, 0) is 0 Å². The van der Waals surface area contributed by atoms with Crippen molar-refractivity contribution in [1.82, 2.24) is 0 Å². The van der Waals surface area contributed by atoms with Crippen LogP contribution in [0.3, 0.4) is 0 Å². The summed E-state index contributed by atoms with van der Waals surface area (Å²) < 4.78 is 0. The summed E-state index contributed by atoms with van der Waals surface area (Å²) in [7, 11) is 0. The third-order valence-corrected chi connectivity index (χ3v) is 7.47. The third kappa shape index (κ3) is 2.22. The molecule has 0 bridgehead atoms. The predicted molar refractivity (Wildman–Crippen MR) is 90.4 cm³/mol. The van der Waals surface area contributed by atoms with Gasteiger partial charge in [-0.15, -0.1) is 6.58 Å². The average molecular weight is 304 g/mol. The number of rotatable bonds is 3. The molecule has 0 amide bonds. The van der Waals surface area contributed by atoms with Crippen molar-refractivity contribution in [2.45, 2.75) is 58.8 Å². The number of allylic oxidation sites excluding steroid dienone is 3. The van der Waals surface area contributed by atoms with Crippen molar-refractivity contribution in [3.63, 3.8) is 0 Å². The van der Waals surface area contributed by atoms with Crippen LogP contribution in [-0.4, -0.2) is 23.4 Å². The number of fused-ring (bicyclic) bond motifs is 3. The summed E-state index contributed by atoms with van der Waals surface area (Å²) in [5.41, 5.74) is 1.78. The molecule has 3 aliphatic rings. The van der Waals surface area contributed by atoms with E-state index in [0.717, 1.165) is 25.7 Å². The van der Waals surface area contributed by atoms with Crippen molar-refractivity contribution >= 4 is 0 Å². The Morgan fingerprint density at radius 1 is 1.18 bits per heavy atom. The predicted octanol–water partition coefficient (Wildman–Crippen LogP) is 4.09. The summed E-state index contributed by atoms with van der Waals surface area (Å²) in [5, 5.41) is 20.0. The highest BCUT2D eigenvalue weighted by Gasteiger charge is 2.56. The largest absolute Gasteiger partial charge is 0.396 e. The summed E-state index contributed by atoms with van der Waals surface area (Å²) in [6, 6.07) is 0. The van der Waals surface area contributed by atoms with E-state index in [9.17, 15) is 10.2 Å². The summed E-state index contributed by atoms with van der Waals surface area (Å²) in [6.07, 6.45) is 12.6. The molecule has 2 fully saturated rings. The first-order valence-electron chi connectivity index (χ1n) is 9.00. The first kappa shape index (κ1) is 16.3. The fourth-order valence-corrected chi connectivity index (χ4v) is 6.06. The lowest BCUT2D eigenvalue weighted by Crippen LogP contribution is -2.55. The highest BCUT2D eigenvalue weighted by Crippen LogP contribution is 2.63. The van der Waals surface area contributed by atoms with Gasteiger partial charge in [-0.3, -0.25) is 0 Å². The van der Waals surface area contributed by atoms with E-state index in [2.05, 4.69) is 32.6 Å². The van der Waals surface area contributed by atoms with Gasteiger partial charge in [0.15, 0.2) is 0 Å². The van der Waals surface area contributed by atoms with E-state index in [1.54, 1.807) is 5.57 Å². The van der Waals surface area contributed by atoms with Crippen molar-refractivity contribution in [3.05, 3.63) is 24.3 Å². The van der Waals surface area contributed by atoms with Crippen LogP contribution in [0.1, 0.15) is 58.8 Å². The van der Waals surface area contributed by atoms with E-state index in [0.29, 0.717) is 11.8 Å². The van der Waals surface area contributed by atoms with Crippen LogP contribution in [0, 0.1) is 28.1 Å². The van der Waals surface area contributed by atoms with E-state index in [1.807, 2.05) is 0 Å². The Morgan fingerprint density at radius 3 is 2.55 bits per heavy atom. The van der Waals surface area contributed by atoms with Crippen molar-refractivity contribution in [2.24, 2.45) is 28.1 Å². The topological polar surface area (TPSA) is 40.5 Å². The molecule has 2 heteroatoms. The molecule has 0 unspecified atom stereocenters. The Morgan fingerprint density at radius 2 is 1.91 bits per heavy atom. The fraction of sp³-hybridized carbons (Fsp3) is 0.800. The maximum absolute atomic E-state index is 10.0. The molecule has 3 aliphatic carbocycles. The minimum Gasteiger partial charge on any atom is -0.396 e. The van der Waals surface area contributed by atoms with Crippen LogP contribution >= 0.6 is 0 Å². The maximum atomic E-state index is 10.0. The van der Waals surface area contributed by atoms with Crippen molar-refractivity contribution in [3.8, 4) is 0 Å². The number of hydrogen-bond acceptors (Lipinski definition) is 2. The van der Waals surface area contributed by atoms with Gasteiger partial charge in [0.1, 0.15) is 0 Å². The normalized spacial score (nSPS) is 43.7. The van der Waals surface area contributed by atoms with Crippen molar-refractivity contribution in [1.29, 1.82) is 0 Å². The first-order valence-corrected chi connectivity index (χ1v) is 9.00. The summed E-state index contributed by atoms with van der Waals surface area (Å²) >= 11 is 0. The van der Waals surface area contributed by atoms with Crippen LogP contribution in [0.5, 0.6) is 0 Å². The zero-order valence-corrected chi connectivity index (χ0v) is 14.3. The highest BCUT2D eigenvalue weighted by atomic mass is 16.3. The fourth-order valence-electron chi connectivity index (χ4n) is 6.06. The molecule has 0 aromatic carbocycles. The Labute approximate surface area is 135 Å². The zero-order chi connectivity index (χ0) is 16.0. The molecule has 0 aromatic heterocycles. The van der Waals surface area contributed by atoms with Gasteiger partial charge in [0, 0.05) is 10.8 Å². The van der Waals surface area contributed by atoms with E-state index in [-0.39, 0.29) is 29.5 Å². The van der Waals surface area contributed by atoms with E-state index < -0.39 is 0 Å². The molecule has 0 radical (unpaired) electrons. The molecule has 22 heavy (non-hydrogen) atoms. The van der Waals surface area contributed by atoms with E-state index >= 15 is 0 Å². The van der Waals surface area contributed by atoms with E-state index in [4.69, 9.17) is 0 Å². The van der Waals surface area contributed by atoms with Gasteiger partial charge in [-0.05, 0) is 55.8 Å². The molecule has 124 valence electrons. The van der Waals surface area contributed by atoms with Crippen LogP contribution in [0.2, 0.25) is 0 Å².